The molecule has 19 heavy (non-hydrogen) atoms. The van der Waals surface area contributed by atoms with Crippen LogP contribution in [-0.2, 0) is 0 Å². The minimum atomic E-state index is 0.0595. The molecule has 2 rings (SSSR count). The molecule has 0 radical (unpaired) electrons. The maximum absolute atomic E-state index is 10.0. The first-order valence-electron chi connectivity index (χ1n) is 7.41. The van der Waals surface area contributed by atoms with Crippen LogP contribution in [0.2, 0.25) is 0 Å². The third-order valence-electron chi connectivity index (χ3n) is 4.37. The highest BCUT2D eigenvalue weighted by molar-refractivity contribution is 5.45. The van der Waals surface area contributed by atoms with Gasteiger partial charge in [0.25, 0.3) is 0 Å². The average molecular weight is 263 g/mol. The molecule has 1 fully saturated rings. The van der Waals surface area contributed by atoms with Gasteiger partial charge in [-0.2, -0.15) is 0 Å². The topological polar surface area (TPSA) is 43.7 Å². The summed E-state index contributed by atoms with van der Waals surface area (Å²) >= 11 is 0. The summed E-state index contributed by atoms with van der Waals surface area (Å²) in [7, 11) is 0. The minimum Gasteiger partial charge on any atom is -0.507 e. The molecule has 1 aromatic rings. The molecule has 106 valence electrons. The van der Waals surface area contributed by atoms with Gasteiger partial charge in [-0.3, -0.25) is 4.90 Å². The fourth-order valence-corrected chi connectivity index (χ4v) is 3.28. The van der Waals surface area contributed by atoms with Crippen molar-refractivity contribution in [3.63, 3.8) is 0 Å². The van der Waals surface area contributed by atoms with E-state index in [1.807, 2.05) is 0 Å². The fraction of sp³-hybridized carbons (Fsp3) is 0.625. The molecule has 0 saturated carbocycles. The molecule has 1 heterocycles. The summed E-state index contributed by atoms with van der Waals surface area (Å²) in [4.78, 5) is 2.45. The zero-order chi connectivity index (χ0) is 13.8. The fourth-order valence-electron chi connectivity index (χ4n) is 3.28. The van der Waals surface area contributed by atoms with E-state index in [0.29, 0.717) is 11.6 Å². The highest BCUT2D eigenvalue weighted by atomic mass is 16.3. The average Bonchev–Trinajstić information content (AvgIpc) is 2.63. The van der Waals surface area contributed by atoms with Crippen LogP contribution < -0.4 is 0 Å². The van der Waals surface area contributed by atoms with Crippen molar-refractivity contribution >= 4 is 0 Å². The summed E-state index contributed by atoms with van der Waals surface area (Å²) < 4.78 is 0. The van der Waals surface area contributed by atoms with Crippen LogP contribution in [0, 0.1) is 0 Å². The lowest BCUT2D eigenvalue weighted by Gasteiger charge is -2.35. The van der Waals surface area contributed by atoms with Gasteiger partial charge < -0.3 is 10.2 Å². The van der Waals surface area contributed by atoms with Gasteiger partial charge in [0.1, 0.15) is 11.5 Å². The molecule has 0 aliphatic carbocycles. The molecule has 0 amide bonds. The van der Waals surface area contributed by atoms with E-state index in [4.69, 9.17) is 0 Å². The van der Waals surface area contributed by atoms with Gasteiger partial charge in [0, 0.05) is 12.1 Å². The van der Waals surface area contributed by atoms with Gasteiger partial charge in [0.2, 0.25) is 0 Å². The summed E-state index contributed by atoms with van der Waals surface area (Å²) in [6.07, 6.45) is 6.12. The van der Waals surface area contributed by atoms with E-state index in [0.717, 1.165) is 13.0 Å². The van der Waals surface area contributed by atoms with Gasteiger partial charge in [-0.05, 0) is 44.9 Å². The molecule has 0 bridgehead atoms. The predicted molar refractivity (Wildman–Crippen MR) is 77.4 cm³/mol. The van der Waals surface area contributed by atoms with E-state index in [1.54, 1.807) is 18.2 Å². The zero-order valence-corrected chi connectivity index (χ0v) is 12.0. The van der Waals surface area contributed by atoms with Crippen molar-refractivity contribution in [1.82, 2.24) is 4.90 Å². The lowest BCUT2D eigenvalue weighted by atomic mass is 10.0. The van der Waals surface area contributed by atoms with Crippen LogP contribution in [0.25, 0.3) is 0 Å². The smallest absolute Gasteiger partial charge is 0.124 e. The van der Waals surface area contributed by atoms with E-state index >= 15 is 0 Å². The normalized spacial score (nSPS) is 22.9. The molecular weight excluding hydrogens is 238 g/mol. The van der Waals surface area contributed by atoms with Crippen molar-refractivity contribution < 1.29 is 10.2 Å². The quantitative estimate of drug-likeness (QED) is 0.871. The Kier molecular flexibility index (Phi) is 4.70. The molecule has 1 aromatic carbocycles. The predicted octanol–water partition coefficient (Wildman–Crippen LogP) is 3.81. The molecule has 2 atom stereocenters. The van der Waals surface area contributed by atoms with Crippen LogP contribution >= 0.6 is 0 Å². The van der Waals surface area contributed by atoms with Crippen LogP contribution in [0.4, 0.5) is 0 Å². The van der Waals surface area contributed by atoms with E-state index < -0.39 is 0 Å². The van der Waals surface area contributed by atoms with Crippen LogP contribution in [0.15, 0.2) is 18.2 Å². The van der Waals surface area contributed by atoms with Gasteiger partial charge in [-0.15, -0.1) is 0 Å². The SMILES string of the molecule is CCC1CCCCCN1C(C)c1c(O)cccc1O. The Hall–Kier alpha value is -1.22. The Morgan fingerprint density at radius 1 is 1.21 bits per heavy atom. The molecule has 3 heteroatoms. The highest BCUT2D eigenvalue weighted by Crippen LogP contribution is 2.38. The van der Waals surface area contributed by atoms with Crippen molar-refractivity contribution in [2.24, 2.45) is 0 Å². The first kappa shape index (κ1) is 14.2. The summed E-state index contributed by atoms with van der Waals surface area (Å²) in [5, 5.41) is 20.1. The first-order valence-corrected chi connectivity index (χ1v) is 7.41. The van der Waals surface area contributed by atoms with Crippen molar-refractivity contribution in [3.8, 4) is 11.5 Å². The van der Waals surface area contributed by atoms with Crippen LogP contribution in [0.5, 0.6) is 11.5 Å². The monoisotopic (exact) mass is 263 g/mol. The van der Waals surface area contributed by atoms with E-state index in [9.17, 15) is 10.2 Å². The first-order chi connectivity index (χ1) is 9.15. The number of phenols is 2. The van der Waals surface area contributed by atoms with Gasteiger partial charge in [0.05, 0.1) is 5.56 Å². The molecular formula is C16H25NO2. The number of hydrogen-bond acceptors (Lipinski definition) is 3. The maximum Gasteiger partial charge on any atom is 0.124 e. The van der Waals surface area contributed by atoms with Gasteiger partial charge in [-0.1, -0.05) is 25.8 Å². The van der Waals surface area contributed by atoms with E-state index in [1.165, 1.54) is 25.7 Å². The highest BCUT2D eigenvalue weighted by Gasteiger charge is 2.27. The van der Waals surface area contributed by atoms with Crippen molar-refractivity contribution in [2.45, 2.75) is 58.0 Å². The number of hydrogen-bond donors (Lipinski definition) is 2. The largest absolute Gasteiger partial charge is 0.507 e. The summed E-state index contributed by atoms with van der Waals surface area (Å²) in [6.45, 7) is 5.36. The number of rotatable bonds is 3. The van der Waals surface area contributed by atoms with Gasteiger partial charge in [-0.25, -0.2) is 0 Å². The summed E-state index contributed by atoms with van der Waals surface area (Å²) in [5.41, 5.74) is 0.669. The van der Waals surface area contributed by atoms with Crippen molar-refractivity contribution in [1.29, 1.82) is 0 Å². The standard InChI is InChI=1S/C16H25NO2/c1-3-13-8-5-4-6-11-17(13)12(2)16-14(18)9-7-10-15(16)19/h7,9-10,12-13,18-19H,3-6,8,11H2,1-2H3. The van der Waals surface area contributed by atoms with E-state index in [-0.39, 0.29) is 17.5 Å². The van der Waals surface area contributed by atoms with Crippen LogP contribution in [0.3, 0.4) is 0 Å². The molecule has 2 unspecified atom stereocenters. The number of nitrogens with zero attached hydrogens (tertiary/aromatic N) is 1. The Morgan fingerprint density at radius 3 is 2.53 bits per heavy atom. The molecule has 1 saturated heterocycles. The Bertz CT molecular complexity index is 399. The van der Waals surface area contributed by atoms with Crippen molar-refractivity contribution in [2.75, 3.05) is 6.54 Å². The third kappa shape index (κ3) is 3.03. The molecule has 1 aliphatic rings. The Balaban J connectivity index is 2.27. The van der Waals surface area contributed by atoms with Gasteiger partial charge in [0.15, 0.2) is 0 Å². The second-order valence-corrected chi connectivity index (χ2v) is 5.54. The molecule has 2 N–H and O–H groups in total. The van der Waals surface area contributed by atoms with E-state index in [2.05, 4.69) is 18.7 Å². The molecule has 0 spiro atoms. The van der Waals surface area contributed by atoms with Gasteiger partial charge >= 0.3 is 0 Å². The maximum atomic E-state index is 10.0. The minimum absolute atomic E-state index is 0.0595. The number of likely N-dealkylation sites (tertiary alicyclic amines) is 1. The number of phenolic OH excluding ortho intramolecular Hbond substituents is 2. The second kappa shape index (κ2) is 6.29. The Morgan fingerprint density at radius 2 is 1.89 bits per heavy atom. The van der Waals surface area contributed by atoms with Crippen molar-refractivity contribution in [3.05, 3.63) is 23.8 Å². The second-order valence-electron chi connectivity index (χ2n) is 5.54. The number of aromatic hydroxyl groups is 2. The summed E-state index contributed by atoms with van der Waals surface area (Å²) in [6, 6.07) is 5.61. The third-order valence-corrected chi connectivity index (χ3v) is 4.37. The Labute approximate surface area is 115 Å². The lowest BCUT2D eigenvalue weighted by molar-refractivity contribution is 0.138. The number of benzene rings is 1. The zero-order valence-electron chi connectivity index (χ0n) is 12.0. The molecule has 1 aliphatic heterocycles. The van der Waals surface area contributed by atoms with Crippen LogP contribution in [0.1, 0.15) is 57.6 Å². The lowest BCUT2D eigenvalue weighted by Crippen LogP contribution is -2.36. The van der Waals surface area contributed by atoms with Crippen LogP contribution in [-0.4, -0.2) is 27.7 Å². The molecule has 0 aromatic heterocycles. The summed E-state index contributed by atoms with van der Waals surface area (Å²) in [5.74, 6) is 0.401. The molecule has 3 nitrogen and oxygen atoms in total.